The van der Waals surface area contributed by atoms with E-state index in [-0.39, 0.29) is 10.8 Å². The molecule has 0 heterocycles. The van der Waals surface area contributed by atoms with Crippen molar-refractivity contribution in [3.05, 3.63) is 210 Å². The van der Waals surface area contributed by atoms with Crippen LogP contribution in [-0.2, 0) is 10.8 Å². The van der Waals surface area contributed by atoms with Gasteiger partial charge in [-0.2, -0.15) is 0 Å². The Kier molecular flexibility index (Phi) is 7.90. The molecule has 1 nitrogen and oxygen atoms in total. The van der Waals surface area contributed by atoms with Crippen LogP contribution >= 0.6 is 0 Å². The van der Waals surface area contributed by atoms with Gasteiger partial charge >= 0.3 is 0 Å². The van der Waals surface area contributed by atoms with E-state index < -0.39 is 0 Å². The van der Waals surface area contributed by atoms with Crippen LogP contribution in [0.3, 0.4) is 0 Å². The lowest BCUT2D eigenvalue weighted by molar-refractivity contribution is 0.641. The largest absolute Gasteiger partial charge is 0.310 e. The molecule has 0 atom stereocenters. The lowest BCUT2D eigenvalue weighted by atomic mass is 9.78. The average molecular weight is 682 g/mol. The Hall–Kier alpha value is -6.18. The van der Waals surface area contributed by atoms with Gasteiger partial charge < -0.3 is 4.90 Å². The Morgan fingerprint density at radius 1 is 0.415 bits per heavy atom. The highest BCUT2D eigenvalue weighted by atomic mass is 15.1. The fraction of sp³-hybridized carbons (Fsp3) is 0.115. The molecule has 8 aromatic rings. The molecule has 0 N–H and O–H groups in total. The normalized spacial score (nSPS) is 13.1. The van der Waals surface area contributed by atoms with Gasteiger partial charge in [0, 0.05) is 27.8 Å². The van der Waals surface area contributed by atoms with Crippen molar-refractivity contribution in [1.29, 1.82) is 0 Å². The predicted octanol–water partition coefficient (Wildman–Crippen LogP) is 14.3. The minimum Gasteiger partial charge on any atom is -0.310 e. The number of hydrogen-bond acceptors (Lipinski definition) is 1. The van der Waals surface area contributed by atoms with Crippen LogP contribution in [0, 0.1) is 0 Å². The zero-order valence-electron chi connectivity index (χ0n) is 30.8. The first-order valence-corrected chi connectivity index (χ1v) is 18.7. The SMILES string of the molecule is CC(C)(c1ccccc1)c1ccc(-c2ccc(N(c3ccc(-c4ccccc4)cc3)c3cccc4c3-c3cc5ccccc5cc3C4(C)C)cc2)cc1. The van der Waals surface area contributed by atoms with Gasteiger partial charge in [-0.25, -0.2) is 0 Å². The first-order chi connectivity index (χ1) is 25.8. The minimum absolute atomic E-state index is 0.0738. The summed E-state index contributed by atoms with van der Waals surface area (Å²) < 4.78 is 0. The first kappa shape index (κ1) is 32.7. The second-order valence-electron chi connectivity index (χ2n) is 15.4. The van der Waals surface area contributed by atoms with E-state index in [1.165, 1.54) is 72.1 Å². The quantitative estimate of drug-likeness (QED) is 0.162. The summed E-state index contributed by atoms with van der Waals surface area (Å²) in [6.07, 6.45) is 0. The van der Waals surface area contributed by atoms with Crippen LogP contribution in [0.2, 0.25) is 0 Å². The molecule has 1 aliphatic carbocycles. The Bertz CT molecular complexity index is 2560. The van der Waals surface area contributed by atoms with Crippen LogP contribution in [0.25, 0.3) is 44.2 Å². The van der Waals surface area contributed by atoms with Crippen LogP contribution in [0.15, 0.2) is 188 Å². The molecule has 0 spiro atoms. The summed E-state index contributed by atoms with van der Waals surface area (Å²) in [7, 11) is 0. The van der Waals surface area contributed by atoms with Crippen molar-refractivity contribution in [2.75, 3.05) is 4.90 Å². The molecule has 0 radical (unpaired) electrons. The summed E-state index contributed by atoms with van der Waals surface area (Å²) >= 11 is 0. The molecule has 1 heteroatoms. The van der Waals surface area contributed by atoms with Crippen LogP contribution < -0.4 is 4.90 Å². The lowest BCUT2D eigenvalue weighted by Crippen LogP contribution is -2.18. The zero-order chi connectivity index (χ0) is 36.2. The lowest BCUT2D eigenvalue weighted by Gasteiger charge is -2.29. The van der Waals surface area contributed by atoms with Gasteiger partial charge in [-0.1, -0.05) is 173 Å². The van der Waals surface area contributed by atoms with Gasteiger partial charge in [-0.3, -0.25) is 0 Å². The molecule has 256 valence electrons. The highest BCUT2D eigenvalue weighted by Gasteiger charge is 2.38. The van der Waals surface area contributed by atoms with Gasteiger partial charge in [0.15, 0.2) is 0 Å². The zero-order valence-corrected chi connectivity index (χ0v) is 30.8. The fourth-order valence-corrected chi connectivity index (χ4v) is 8.40. The molecule has 9 rings (SSSR count). The summed E-state index contributed by atoms with van der Waals surface area (Å²) in [5.74, 6) is 0. The maximum atomic E-state index is 2.45. The van der Waals surface area contributed by atoms with Crippen LogP contribution in [0.5, 0.6) is 0 Å². The highest BCUT2D eigenvalue weighted by Crippen LogP contribution is 2.55. The van der Waals surface area contributed by atoms with E-state index in [2.05, 4.69) is 221 Å². The van der Waals surface area contributed by atoms with Crippen molar-refractivity contribution in [1.82, 2.24) is 0 Å². The van der Waals surface area contributed by atoms with E-state index in [9.17, 15) is 0 Å². The summed E-state index contributed by atoms with van der Waals surface area (Å²) in [6, 6.07) is 69.1. The molecular formula is C52H43N. The molecule has 53 heavy (non-hydrogen) atoms. The van der Waals surface area contributed by atoms with Crippen LogP contribution in [0.1, 0.15) is 49.9 Å². The monoisotopic (exact) mass is 681 g/mol. The topological polar surface area (TPSA) is 3.24 Å². The first-order valence-electron chi connectivity index (χ1n) is 18.7. The standard InChI is InChI=1S/C52H43N/c1-51(2,42-18-9-6-10-19-42)43-28-22-37(23-29-43)39-26-32-45(33-27-39)53(44-30-24-38(25-31-44)36-14-7-5-8-15-36)49-21-13-20-47-50(49)46-34-40-16-11-12-17-41(40)35-48(46)52(47,3)4/h5-35H,1-4H3. The Labute approximate surface area is 313 Å². The van der Waals surface area contributed by atoms with Gasteiger partial charge in [0.2, 0.25) is 0 Å². The summed E-state index contributed by atoms with van der Waals surface area (Å²) in [4.78, 5) is 2.45. The van der Waals surface area contributed by atoms with E-state index in [1.807, 2.05) is 0 Å². The molecule has 0 saturated heterocycles. The van der Waals surface area contributed by atoms with Gasteiger partial charge in [-0.05, 0) is 103 Å². The molecule has 0 amide bonds. The molecular weight excluding hydrogens is 639 g/mol. The van der Waals surface area contributed by atoms with Crippen LogP contribution in [-0.4, -0.2) is 0 Å². The number of fused-ring (bicyclic) bond motifs is 4. The van der Waals surface area contributed by atoms with Gasteiger partial charge in [-0.15, -0.1) is 0 Å². The third-order valence-corrected chi connectivity index (χ3v) is 11.6. The molecule has 0 saturated carbocycles. The van der Waals surface area contributed by atoms with Crippen molar-refractivity contribution < 1.29 is 0 Å². The van der Waals surface area contributed by atoms with Gasteiger partial charge in [0.05, 0.1) is 5.69 Å². The second kappa shape index (κ2) is 12.8. The molecule has 0 aliphatic heterocycles. The smallest absolute Gasteiger partial charge is 0.0543 e. The van der Waals surface area contributed by atoms with E-state index in [0.29, 0.717) is 0 Å². The Morgan fingerprint density at radius 3 is 1.47 bits per heavy atom. The molecule has 1 aliphatic rings. The van der Waals surface area contributed by atoms with E-state index in [0.717, 1.165) is 11.4 Å². The number of hydrogen-bond donors (Lipinski definition) is 0. The summed E-state index contributed by atoms with van der Waals surface area (Å²) in [5.41, 5.74) is 16.1. The average Bonchev–Trinajstić information content (AvgIpc) is 3.44. The summed E-state index contributed by atoms with van der Waals surface area (Å²) in [5, 5.41) is 2.56. The molecule has 0 aromatic heterocycles. The maximum absolute atomic E-state index is 2.45. The van der Waals surface area contributed by atoms with E-state index >= 15 is 0 Å². The van der Waals surface area contributed by atoms with E-state index in [4.69, 9.17) is 0 Å². The number of benzene rings is 8. The third kappa shape index (κ3) is 5.65. The van der Waals surface area contributed by atoms with Crippen LogP contribution in [0.4, 0.5) is 17.1 Å². The highest BCUT2D eigenvalue weighted by molar-refractivity contribution is 6.00. The third-order valence-electron chi connectivity index (χ3n) is 11.6. The molecule has 0 bridgehead atoms. The molecule has 0 fully saturated rings. The van der Waals surface area contributed by atoms with Crippen molar-refractivity contribution in [3.63, 3.8) is 0 Å². The number of rotatable bonds is 7. The minimum atomic E-state index is -0.126. The van der Waals surface area contributed by atoms with Crippen molar-refractivity contribution >= 4 is 27.8 Å². The number of anilines is 3. The van der Waals surface area contributed by atoms with Crippen molar-refractivity contribution in [2.24, 2.45) is 0 Å². The Balaban J connectivity index is 1.15. The molecule has 0 unspecified atom stereocenters. The van der Waals surface area contributed by atoms with E-state index in [1.54, 1.807) is 0 Å². The fourth-order valence-electron chi connectivity index (χ4n) is 8.40. The van der Waals surface area contributed by atoms with Gasteiger partial charge in [0.1, 0.15) is 0 Å². The summed E-state index contributed by atoms with van der Waals surface area (Å²) in [6.45, 7) is 9.34. The Morgan fingerprint density at radius 2 is 0.887 bits per heavy atom. The maximum Gasteiger partial charge on any atom is 0.0543 e. The van der Waals surface area contributed by atoms with Crippen molar-refractivity contribution in [2.45, 2.75) is 38.5 Å². The second-order valence-corrected chi connectivity index (χ2v) is 15.4. The van der Waals surface area contributed by atoms with Crippen molar-refractivity contribution in [3.8, 4) is 33.4 Å². The predicted molar refractivity (Wildman–Crippen MR) is 226 cm³/mol. The van der Waals surface area contributed by atoms with Gasteiger partial charge in [0.25, 0.3) is 0 Å². The number of nitrogens with zero attached hydrogens (tertiary/aromatic N) is 1. The molecule has 8 aromatic carbocycles.